The molecule has 0 saturated heterocycles. The fourth-order valence-electron chi connectivity index (χ4n) is 1.97. The summed E-state index contributed by atoms with van der Waals surface area (Å²) in [6.07, 6.45) is -0.109. The number of benzene rings is 1. The van der Waals surface area contributed by atoms with Gasteiger partial charge in [0.25, 0.3) is 0 Å². The smallest absolute Gasteiger partial charge is 0.134 e. The summed E-state index contributed by atoms with van der Waals surface area (Å²) in [6, 6.07) is 10.1. The fraction of sp³-hybridized carbons (Fsp3) is 0.357. The molecule has 18 heavy (non-hydrogen) atoms. The molecule has 3 nitrogen and oxygen atoms in total. The Morgan fingerprint density at radius 3 is 2.44 bits per heavy atom. The molecule has 0 amide bonds. The van der Waals surface area contributed by atoms with Gasteiger partial charge in [0.15, 0.2) is 0 Å². The number of nitrogens with zero attached hydrogens (tertiary/aromatic N) is 1. The average Bonchev–Trinajstić information content (AvgIpc) is 2.74. The Hall–Kier alpha value is -1.23. The summed E-state index contributed by atoms with van der Waals surface area (Å²) >= 11 is 1.63. The molecule has 1 aromatic carbocycles. The zero-order valence-corrected chi connectivity index (χ0v) is 11.7. The van der Waals surface area contributed by atoms with Gasteiger partial charge in [-0.1, -0.05) is 30.3 Å². The first kappa shape index (κ1) is 13.2. The van der Waals surface area contributed by atoms with E-state index in [2.05, 4.69) is 17.1 Å². The fourth-order valence-corrected chi connectivity index (χ4v) is 3.10. The highest BCUT2D eigenvalue weighted by Crippen LogP contribution is 2.32. The van der Waals surface area contributed by atoms with Crippen LogP contribution in [0.4, 0.5) is 0 Å². The molecule has 0 spiro atoms. The molecular formula is C14H18N2OS. The van der Waals surface area contributed by atoms with Crippen molar-refractivity contribution in [1.82, 2.24) is 4.98 Å². The van der Waals surface area contributed by atoms with E-state index in [-0.39, 0.29) is 12.1 Å². The van der Waals surface area contributed by atoms with Crippen molar-refractivity contribution in [1.29, 1.82) is 0 Å². The molecule has 2 atom stereocenters. The third-order valence-electron chi connectivity index (χ3n) is 2.82. The van der Waals surface area contributed by atoms with E-state index in [1.54, 1.807) is 18.4 Å². The zero-order valence-electron chi connectivity index (χ0n) is 10.9. The van der Waals surface area contributed by atoms with Gasteiger partial charge in [0, 0.05) is 18.0 Å². The molecule has 0 aliphatic carbocycles. The van der Waals surface area contributed by atoms with Crippen molar-refractivity contribution < 1.29 is 4.74 Å². The molecule has 2 unspecified atom stereocenters. The van der Waals surface area contributed by atoms with Crippen LogP contribution >= 0.6 is 11.3 Å². The third-order valence-corrected chi connectivity index (χ3v) is 4.23. The van der Waals surface area contributed by atoms with Crippen LogP contribution in [-0.2, 0) is 4.74 Å². The van der Waals surface area contributed by atoms with Crippen LogP contribution in [0.15, 0.2) is 30.3 Å². The minimum absolute atomic E-state index is 0.0181. The number of nitrogens with two attached hydrogens (primary N) is 1. The summed E-state index contributed by atoms with van der Waals surface area (Å²) in [5.74, 6) is 0. The van der Waals surface area contributed by atoms with Gasteiger partial charge < -0.3 is 10.5 Å². The first-order chi connectivity index (χ1) is 8.63. The Morgan fingerprint density at radius 2 is 1.94 bits per heavy atom. The van der Waals surface area contributed by atoms with Crippen molar-refractivity contribution in [2.24, 2.45) is 5.73 Å². The van der Waals surface area contributed by atoms with E-state index in [1.165, 1.54) is 0 Å². The van der Waals surface area contributed by atoms with Crippen LogP contribution in [0.2, 0.25) is 0 Å². The third kappa shape index (κ3) is 2.61. The van der Waals surface area contributed by atoms with Crippen LogP contribution in [0.25, 0.3) is 0 Å². The molecule has 2 N–H and O–H groups in total. The summed E-state index contributed by atoms with van der Waals surface area (Å²) in [7, 11) is 1.71. The molecule has 2 rings (SSSR count). The van der Waals surface area contributed by atoms with E-state index >= 15 is 0 Å². The van der Waals surface area contributed by atoms with E-state index in [9.17, 15) is 0 Å². The lowest BCUT2D eigenvalue weighted by atomic mass is 10.1. The minimum atomic E-state index is -0.109. The lowest BCUT2D eigenvalue weighted by Gasteiger charge is -2.12. The van der Waals surface area contributed by atoms with Gasteiger partial charge in [-0.2, -0.15) is 0 Å². The first-order valence-electron chi connectivity index (χ1n) is 5.94. The predicted octanol–water partition coefficient (Wildman–Crippen LogP) is 3.21. The maximum Gasteiger partial charge on any atom is 0.134 e. The second kappa shape index (κ2) is 5.61. The molecule has 1 heterocycles. The number of aromatic nitrogens is 1. The molecule has 0 aliphatic heterocycles. The van der Waals surface area contributed by atoms with E-state index < -0.39 is 0 Å². The summed E-state index contributed by atoms with van der Waals surface area (Å²) in [5, 5.41) is 0.966. The maximum absolute atomic E-state index is 5.94. The minimum Gasteiger partial charge on any atom is -0.370 e. The molecule has 0 saturated carbocycles. The summed E-state index contributed by atoms with van der Waals surface area (Å²) < 4.78 is 5.58. The van der Waals surface area contributed by atoms with Gasteiger partial charge in [-0.25, -0.2) is 4.98 Å². The van der Waals surface area contributed by atoms with Gasteiger partial charge in [0.05, 0.1) is 5.69 Å². The van der Waals surface area contributed by atoms with E-state index in [4.69, 9.17) is 10.5 Å². The van der Waals surface area contributed by atoms with Crippen molar-refractivity contribution in [2.45, 2.75) is 26.0 Å². The standard InChI is InChI=1S/C14H18N2OS/c1-9(15)13-10(2)16-14(18-13)12(17-3)11-7-5-4-6-8-11/h4-9,12H,15H2,1-3H3. The van der Waals surface area contributed by atoms with E-state index in [0.29, 0.717) is 0 Å². The number of methoxy groups -OCH3 is 1. The molecule has 0 fully saturated rings. The largest absolute Gasteiger partial charge is 0.370 e. The number of ether oxygens (including phenoxy) is 1. The monoisotopic (exact) mass is 262 g/mol. The molecule has 0 aliphatic rings. The average molecular weight is 262 g/mol. The molecule has 0 bridgehead atoms. The maximum atomic E-state index is 5.94. The van der Waals surface area contributed by atoms with Crippen molar-refractivity contribution in [3.05, 3.63) is 51.5 Å². The topological polar surface area (TPSA) is 48.1 Å². The Labute approximate surface area is 112 Å². The summed E-state index contributed by atoms with van der Waals surface area (Å²) in [4.78, 5) is 5.72. The van der Waals surface area contributed by atoms with Gasteiger partial charge in [-0.15, -0.1) is 11.3 Å². The van der Waals surface area contributed by atoms with Gasteiger partial charge in [0.2, 0.25) is 0 Å². The molecule has 0 radical (unpaired) electrons. The van der Waals surface area contributed by atoms with Crippen molar-refractivity contribution in [2.75, 3.05) is 7.11 Å². The highest BCUT2D eigenvalue weighted by Gasteiger charge is 2.20. The van der Waals surface area contributed by atoms with E-state index in [1.807, 2.05) is 32.0 Å². The molecular weight excluding hydrogens is 244 g/mol. The van der Waals surface area contributed by atoms with Gasteiger partial charge in [-0.05, 0) is 19.4 Å². The number of hydrogen-bond acceptors (Lipinski definition) is 4. The molecule has 96 valence electrons. The zero-order chi connectivity index (χ0) is 13.1. The number of aryl methyl sites for hydroxylation is 1. The predicted molar refractivity (Wildman–Crippen MR) is 74.7 cm³/mol. The number of rotatable bonds is 4. The second-order valence-electron chi connectivity index (χ2n) is 4.32. The van der Waals surface area contributed by atoms with Crippen molar-refractivity contribution >= 4 is 11.3 Å². The van der Waals surface area contributed by atoms with E-state index in [0.717, 1.165) is 21.1 Å². The second-order valence-corrected chi connectivity index (χ2v) is 5.38. The Balaban J connectivity index is 2.37. The Morgan fingerprint density at radius 1 is 1.28 bits per heavy atom. The van der Waals surface area contributed by atoms with Crippen LogP contribution in [0.5, 0.6) is 0 Å². The Bertz CT molecular complexity index is 508. The SMILES string of the molecule is COC(c1ccccc1)c1nc(C)c(C(C)N)s1. The van der Waals surface area contributed by atoms with Gasteiger partial charge in [0.1, 0.15) is 11.1 Å². The van der Waals surface area contributed by atoms with Crippen molar-refractivity contribution in [3.8, 4) is 0 Å². The summed E-state index contributed by atoms with van der Waals surface area (Å²) in [5.41, 5.74) is 8.06. The highest BCUT2D eigenvalue weighted by atomic mass is 32.1. The van der Waals surface area contributed by atoms with Gasteiger partial charge in [-0.3, -0.25) is 0 Å². The first-order valence-corrected chi connectivity index (χ1v) is 6.75. The van der Waals surface area contributed by atoms with Crippen LogP contribution in [-0.4, -0.2) is 12.1 Å². The highest BCUT2D eigenvalue weighted by molar-refractivity contribution is 7.11. The normalized spacial score (nSPS) is 14.4. The lowest BCUT2D eigenvalue weighted by molar-refractivity contribution is 0.136. The summed E-state index contributed by atoms with van der Waals surface area (Å²) in [6.45, 7) is 3.98. The molecule has 1 aromatic heterocycles. The quantitative estimate of drug-likeness (QED) is 0.920. The van der Waals surface area contributed by atoms with Crippen LogP contribution < -0.4 is 5.73 Å². The molecule has 2 aromatic rings. The van der Waals surface area contributed by atoms with Crippen LogP contribution in [0.1, 0.15) is 40.2 Å². The number of thiazole rings is 1. The molecule has 4 heteroatoms. The Kier molecular flexibility index (Phi) is 4.11. The van der Waals surface area contributed by atoms with Crippen LogP contribution in [0, 0.1) is 6.92 Å². The lowest BCUT2D eigenvalue weighted by Crippen LogP contribution is -2.03. The van der Waals surface area contributed by atoms with Crippen LogP contribution in [0.3, 0.4) is 0 Å². The number of hydrogen-bond donors (Lipinski definition) is 1. The van der Waals surface area contributed by atoms with Crippen molar-refractivity contribution in [3.63, 3.8) is 0 Å². The van der Waals surface area contributed by atoms with Gasteiger partial charge >= 0.3 is 0 Å².